The Morgan fingerprint density at radius 3 is 2.56 bits per heavy atom. The third-order valence-corrected chi connectivity index (χ3v) is 6.50. The van der Waals surface area contributed by atoms with Crippen molar-refractivity contribution in [2.45, 2.75) is 25.9 Å². The van der Waals surface area contributed by atoms with Gasteiger partial charge in [-0.15, -0.1) is 0 Å². The molecular formula is C28H32N8O3. The Balaban J connectivity index is 1.39. The van der Waals surface area contributed by atoms with Crippen LogP contribution in [-0.2, 0) is 7.05 Å². The number of carbonyl (C=O) groups excluding carboxylic acids is 1. The summed E-state index contributed by atoms with van der Waals surface area (Å²) in [5.41, 5.74) is 2.47. The van der Waals surface area contributed by atoms with Gasteiger partial charge in [0.05, 0.1) is 35.8 Å². The van der Waals surface area contributed by atoms with Crippen molar-refractivity contribution in [1.29, 1.82) is 0 Å². The van der Waals surface area contributed by atoms with Gasteiger partial charge in [-0.3, -0.25) is 9.48 Å². The average molecular weight is 529 g/mol. The number of nitrogens with zero attached hydrogens (tertiary/aromatic N) is 6. The molecule has 202 valence electrons. The Hall–Kier alpha value is -4.51. The van der Waals surface area contributed by atoms with Crippen LogP contribution in [0.4, 0.5) is 23.0 Å². The van der Waals surface area contributed by atoms with Crippen molar-refractivity contribution in [3.63, 3.8) is 0 Å². The maximum Gasteiger partial charge on any atom is 0.184 e. The second kappa shape index (κ2) is 11.5. The highest BCUT2D eigenvalue weighted by Gasteiger charge is 2.21. The van der Waals surface area contributed by atoms with Crippen LogP contribution >= 0.6 is 0 Å². The van der Waals surface area contributed by atoms with Gasteiger partial charge in [0, 0.05) is 38.8 Å². The number of carbonyl (C=O) groups is 1. The molecule has 0 spiro atoms. The molecule has 5 rings (SSSR count). The predicted molar refractivity (Wildman–Crippen MR) is 149 cm³/mol. The maximum absolute atomic E-state index is 12.8. The molecule has 1 atom stereocenters. The number of likely N-dealkylation sites (tertiary alicyclic amines) is 1. The van der Waals surface area contributed by atoms with Gasteiger partial charge in [0.15, 0.2) is 17.4 Å². The van der Waals surface area contributed by atoms with Crippen LogP contribution in [0, 0.1) is 0 Å². The molecule has 4 heterocycles. The van der Waals surface area contributed by atoms with Gasteiger partial charge in [0.1, 0.15) is 29.8 Å². The van der Waals surface area contributed by atoms with Crippen LogP contribution in [0.2, 0.25) is 0 Å². The van der Waals surface area contributed by atoms with Crippen molar-refractivity contribution in [3.05, 3.63) is 60.7 Å². The number of likely N-dealkylation sites (N-methyl/N-ethyl adjacent to an activating group) is 1. The number of aryl methyl sites for hydroxylation is 1. The SMILES string of the molecule is CCC(=O)c1cnc(Nc2ccc(O[C@@H]3CCN(C)C3)cn2)cc1Nc1cccc(-c2ncn(C)n2)c1OC. The Morgan fingerprint density at radius 1 is 1.05 bits per heavy atom. The molecule has 0 aliphatic carbocycles. The molecule has 39 heavy (non-hydrogen) atoms. The van der Waals surface area contributed by atoms with E-state index in [1.54, 1.807) is 36.6 Å². The Bertz CT molecular complexity index is 1450. The number of ketones is 1. The molecule has 1 fully saturated rings. The van der Waals surface area contributed by atoms with Crippen molar-refractivity contribution < 1.29 is 14.3 Å². The second-order valence-electron chi connectivity index (χ2n) is 9.44. The third kappa shape index (κ3) is 5.99. The quantitative estimate of drug-likeness (QED) is 0.286. The Kier molecular flexibility index (Phi) is 7.69. The lowest BCUT2D eigenvalue weighted by molar-refractivity contribution is 0.0988. The van der Waals surface area contributed by atoms with E-state index >= 15 is 0 Å². The topological polar surface area (TPSA) is 119 Å². The van der Waals surface area contributed by atoms with E-state index in [0.29, 0.717) is 46.6 Å². The summed E-state index contributed by atoms with van der Waals surface area (Å²) in [5, 5.41) is 11.0. The van der Waals surface area contributed by atoms with Gasteiger partial charge in [-0.1, -0.05) is 13.0 Å². The first-order valence-corrected chi connectivity index (χ1v) is 12.8. The number of aromatic nitrogens is 5. The minimum atomic E-state index is -0.0322. The molecule has 0 amide bonds. The zero-order chi connectivity index (χ0) is 27.4. The molecule has 2 N–H and O–H groups in total. The lowest BCUT2D eigenvalue weighted by atomic mass is 10.1. The van der Waals surface area contributed by atoms with Crippen LogP contribution in [-0.4, -0.2) is 68.8 Å². The average Bonchev–Trinajstić information content (AvgIpc) is 3.56. The van der Waals surface area contributed by atoms with Gasteiger partial charge < -0.3 is 25.0 Å². The first-order chi connectivity index (χ1) is 18.9. The fraction of sp³-hybridized carbons (Fsp3) is 0.321. The van der Waals surface area contributed by atoms with E-state index in [4.69, 9.17) is 9.47 Å². The number of rotatable bonds is 10. The lowest BCUT2D eigenvalue weighted by Crippen LogP contribution is -2.21. The standard InChI is InChI=1S/C28H32N8O3/c1-5-24(37)21-15-30-26(33-25-10-9-18(14-29-25)39-19-11-12-35(2)16-19)13-23(21)32-22-8-6-7-20(27(22)38-4)28-31-17-36(3)34-28/h6-10,13-15,17,19H,5,11-12,16H2,1-4H3,(H2,29,30,32,33)/t19-/m1/s1. The molecule has 0 unspecified atom stereocenters. The van der Waals surface area contributed by atoms with Crippen LogP contribution < -0.4 is 20.1 Å². The largest absolute Gasteiger partial charge is 0.494 e. The molecule has 0 bridgehead atoms. The van der Waals surface area contributed by atoms with Gasteiger partial charge in [-0.2, -0.15) is 5.10 Å². The normalized spacial score (nSPS) is 15.2. The Morgan fingerprint density at radius 2 is 1.90 bits per heavy atom. The van der Waals surface area contributed by atoms with Crippen molar-refractivity contribution >= 4 is 28.8 Å². The molecule has 0 radical (unpaired) electrons. The summed E-state index contributed by atoms with van der Waals surface area (Å²) in [6, 6.07) is 11.2. The first kappa shape index (κ1) is 26.1. The number of nitrogens with one attached hydrogen (secondary N) is 2. The van der Waals surface area contributed by atoms with Crippen LogP contribution in [0.5, 0.6) is 11.5 Å². The highest BCUT2D eigenvalue weighted by Crippen LogP contribution is 2.37. The van der Waals surface area contributed by atoms with Crippen molar-refractivity contribution in [2.24, 2.45) is 7.05 Å². The molecule has 1 aromatic carbocycles. The summed E-state index contributed by atoms with van der Waals surface area (Å²) in [7, 11) is 5.49. The summed E-state index contributed by atoms with van der Waals surface area (Å²) >= 11 is 0. The maximum atomic E-state index is 12.8. The van der Waals surface area contributed by atoms with Gasteiger partial charge in [-0.05, 0) is 37.7 Å². The van der Waals surface area contributed by atoms with Gasteiger partial charge in [-0.25, -0.2) is 15.0 Å². The highest BCUT2D eigenvalue weighted by molar-refractivity contribution is 6.02. The van der Waals surface area contributed by atoms with Crippen LogP contribution in [0.15, 0.2) is 55.1 Å². The number of benzene rings is 1. The van der Waals surface area contributed by atoms with Gasteiger partial charge in [0.2, 0.25) is 0 Å². The molecule has 0 saturated carbocycles. The van der Waals surface area contributed by atoms with E-state index in [2.05, 4.69) is 42.6 Å². The zero-order valence-electron chi connectivity index (χ0n) is 22.5. The molecule has 3 aromatic heterocycles. The van der Waals surface area contributed by atoms with Crippen molar-refractivity contribution in [1.82, 2.24) is 29.6 Å². The minimum Gasteiger partial charge on any atom is -0.494 e. The third-order valence-electron chi connectivity index (χ3n) is 6.50. The fourth-order valence-corrected chi connectivity index (χ4v) is 4.52. The van der Waals surface area contributed by atoms with Crippen molar-refractivity contribution in [2.75, 3.05) is 37.9 Å². The second-order valence-corrected chi connectivity index (χ2v) is 9.44. The molecule has 1 aliphatic heterocycles. The Labute approximate surface area is 227 Å². The molecule has 11 nitrogen and oxygen atoms in total. The minimum absolute atomic E-state index is 0.0322. The predicted octanol–water partition coefficient (Wildman–Crippen LogP) is 4.44. The molecule has 11 heteroatoms. The number of anilines is 4. The summed E-state index contributed by atoms with van der Waals surface area (Å²) in [4.78, 5) is 28.3. The van der Waals surface area contributed by atoms with Gasteiger partial charge >= 0.3 is 0 Å². The lowest BCUT2D eigenvalue weighted by Gasteiger charge is -2.17. The van der Waals surface area contributed by atoms with E-state index in [0.717, 1.165) is 30.8 Å². The molecule has 4 aromatic rings. The number of ether oxygens (including phenoxy) is 2. The van der Waals surface area contributed by atoms with E-state index < -0.39 is 0 Å². The smallest absolute Gasteiger partial charge is 0.184 e. The number of hydrogen-bond donors (Lipinski definition) is 2. The zero-order valence-corrected chi connectivity index (χ0v) is 22.5. The summed E-state index contributed by atoms with van der Waals surface area (Å²) in [6.07, 6.45) is 6.44. The van der Waals surface area contributed by atoms with E-state index in [1.807, 2.05) is 44.3 Å². The van der Waals surface area contributed by atoms with Crippen LogP contribution in [0.3, 0.4) is 0 Å². The van der Waals surface area contributed by atoms with E-state index in [-0.39, 0.29) is 11.9 Å². The number of para-hydroxylation sites is 1. The van der Waals surface area contributed by atoms with Crippen LogP contribution in [0.25, 0.3) is 11.4 Å². The number of pyridine rings is 2. The molecular weight excluding hydrogens is 496 g/mol. The summed E-state index contributed by atoms with van der Waals surface area (Å²) < 4.78 is 13.4. The van der Waals surface area contributed by atoms with E-state index in [9.17, 15) is 4.79 Å². The fourth-order valence-electron chi connectivity index (χ4n) is 4.52. The number of hydrogen-bond acceptors (Lipinski definition) is 10. The number of methoxy groups -OCH3 is 1. The summed E-state index contributed by atoms with van der Waals surface area (Å²) in [6.45, 7) is 3.77. The van der Waals surface area contributed by atoms with Crippen LogP contribution in [0.1, 0.15) is 30.1 Å². The highest BCUT2D eigenvalue weighted by atomic mass is 16.5. The van der Waals surface area contributed by atoms with Crippen molar-refractivity contribution in [3.8, 4) is 22.9 Å². The monoisotopic (exact) mass is 528 g/mol. The van der Waals surface area contributed by atoms with Gasteiger partial charge in [0.25, 0.3) is 0 Å². The molecule has 1 saturated heterocycles. The molecule has 1 aliphatic rings. The number of Topliss-reactive ketones (excluding diaryl/α,β-unsaturated/α-hetero) is 1. The summed E-state index contributed by atoms with van der Waals surface area (Å²) in [5.74, 6) is 2.95. The first-order valence-electron chi connectivity index (χ1n) is 12.8. The van der Waals surface area contributed by atoms with E-state index in [1.165, 1.54) is 0 Å².